The summed E-state index contributed by atoms with van der Waals surface area (Å²) in [6.07, 6.45) is 1.72. The second kappa shape index (κ2) is 7.99. The van der Waals surface area contributed by atoms with Crippen LogP contribution in [0, 0.1) is 5.92 Å². The maximum atomic E-state index is 11.5. The maximum absolute atomic E-state index is 11.5. The molecule has 2 aliphatic heterocycles. The highest BCUT2D eigenvalue weighted by Gasteiger charge is 2.28. The van der Waals surface area contributed by atoms with E-state index in [1.165, 1.54) is 0 Å². The first-order valence-electron chi connectivity index (χ1n) is 8.40. The molecule has 0 bridgehead atoms. The van der Waals surface area contributed by atoms with Crippen LogP contribution in [-0.2, 0) is 14.6 Å². The summed E-state index contributed by atoms with van der Waals surface area (Å²) < 4.78 is 23.1. The van der Waals surface area contributed by atoms with Gasteiger partial charge >= 0.3 is 0 Å². The lowest BCUT2D eigenvalue weighted by Crippen LogP contribution is -2.53. The summed E-state index contributed by atoms with van der Waals surface area (Å²) >= 11 is 0. The number of hydrogen-bond acceptors (Lipinski definition) is 4. The van der Waals surface area contributed by atoms with E-state index in [-0.39, 0.29) is 17.6 Å². The average Bonchev–Trinajstić information content (AvgIpc) is 2.87. The highest BCUT2D eigenvalue weighted by Crippen LogP contribution is 2.18. The molecule has 0 aromatic rings. The van der Waals surface area contributed by atoms with Gasteiger partial charge in [0.1, 0.15) is 0 Å². The van der Waals surface area contributed by atoms with Crippen LogP contribution in [0.1, 0.15) is 26.7 Å². The lowest BCUT2D eigenvalue weighted by atomic mass is 10.1. The predicted molar refractivity (Wildman–Crippen MR) is 91.2 cm³/mol. The van der Waals surface area contributed by atoms with E-state index in [1.807, 2.05) is 4.90 Å². The zero-order valence-corrected chi connectivity index (χ0v) is 14.9. The Balaban J connectivity index is 1.94. The number of carbonyl (C=O) groups excluding carboxylic acids is 1. The molecule has 2 saturated heterocycles. The second-order valence-electron chi connectivity index (χ2n) is 6.35. The molecule has 8 heteroatoms. The maximum Gasteiger partial charge on any atom is 0.219 e. The average molecular weight is 344 g/mol. The summed E-state index contributed by atoms with van der Waals surface area (Å²) in [6, 6.07) is 0. The topological polar surface area (TPSA) is 82.1 Å². The summed E-state index contributed by atoms with van der Waals surface area (Å²) in [5.74, 6) is 1.65. The molecule has 0 aromatic carbocycles. The van der Waals surface area contributed by atoms with Gasteiger partial charge in [-0.15, -0.1) is 0 Å². The van der Waals surface area contributed by atoms with Crippen LogP contribution >= 0.6 is 0 Å². The molecular formula is C15H28N4O3S. The standard InChI is InChI=1S/C15H28N4O3S/c1-3-5-16-15(17-11-14-4-10-23(21,22)12-14)19-8-6-18(7-9-19)13(2)20/h14H,3-12H2,1-2H3,(H,16,17). The zero-order valence-electron chi connectivity index (χ0n) is 14.1. The molecule has 0 saturated carbocycles. The number of hydrogen-bond donors (Lipinski definition) is 1. The van der Waals surface area contributed by atoms with Gasteiger partial charge in [-0.3, -0.25) is 9.79 Å². The van der Waals surface area contributed by atoms with Crippen molar-refractivity contribution in [3.05, 3.63) is 0 Å². The highest BCUT2D eigenvalue weighted by molar-refractivity contribution is 7.91. The Morgan fingerprint density at radius 1 is 1.22 bits per heavy atom. The number of piperazine rings is 1. The SMILES string of the molecule is CCCNC(=NCC1CCS(=O)(=O)C1)N1CCN(C(C)=O)CC1. The summed E-state index contributed by atoms with van der Waals surface area (Å²) in [5, 5.41) is 3.35. The molecule has 0 spiro atoms. The molecule has 1 N–H and O–H groups in total. The number of amides is 1. The highest BCUT2D eigenvalue weighted by atomic mass is 32.2. The molecule has 23 heavy (non-hydrogen) atoms. The van der Waals surface area contributed by atoms with Crippen LogP contribution < -0.4 is 5.32 Å². The number of rotatable bonds is 4. The number of nitrogens with one attached hydrogen (secondary N) is 1. The molecular weight excluding hydrogens is 316 g/mol. The van der Waals surface area contributed by atoms with Crippen molar-refractivity contribution >= 4 is 21.7 Å². The van der Waals surface area contributed by atoms with E-state index in [1.54, 1.807) is 6.92 Å². The van der Waals surface area contributed by atoms with E-state index in [4.69, 9.17) is 0 Å². The van der Waals surface area contributed by atoms with Crippen molar-refractivity contribution in [1.82, 2.24) is 15.1 Å². The van der Waals surface area contributed by atoms with E-state index in [2.05, 4.69) is 22.1 Å². The van der Waals surface area contributed by atoms with E-state index >= 15 is 0 Å². The van der Waals surface area contributed by atoms with Gasteiger partial charge in [0.15, 0.2) is 15.8 Å². The normalized spacial score (nSPS) is 24.8. The minimum absolute atomic E-state index is 0.112. The third kappa shape index (κ3) is 5.37. The number of aliphatic imine (C=N–C) groups is 1. The van der Waals surface area contributed by atoms with Crippen LogP contribution in [0.2, 0.25) is 0 Å². The first-order valence-corrected chi connectivity index (χ1v) is 10.2. The van der Waals surface area contributed by atoms with Gasteiger partial charge in [0.2, 0.25) is 5.91 Å². The largest absolute Gasteiger partial charge is 0.356 e. The van der Waals surface area contributed by atoms with Crippen LogP contribution in [0.5, 0.6) is 0 Å². The molecule has 1 unspecified atom stereocenters. The van der Waals surface area contributed by atoms with E-state index in [9.17, 15) is 13.2 Å². The van der Waals surface area contributed by atoms with Crippen molar-refractivity contribution in [2.45, 2.75) is 26.7 Å². The Hall–Kier alpha value is -1.31. The Labute approximate surface area is 139 Å². The fourth-order valence-electron chi connectivity index (χ4n) is 2.97. The fraction of sp³-hybridized carbons (Fsp3) is 0.867. The van der Waals surface area contributed by atoms with E-state index in [0.29, 0.717) is 31.8 Å². The predicted octanol–water partition coefficient (Wildman–Crippen LogP) is -0.0592. The van der Waals surface area contributed by atoms with Crippen LogP contribution in [0.3, 0.4) is 0 Å². The molecule has 0 aliphatic carbocycles. The second-order valence-corrected chi connectivity index (χ2v) is 8.58. The van der Waals surface area contributed by atoms with Crippen LogP contribution in [0.25, 0.3) is 0 Å². The van der Waals surface area contributed by atoms with Crippen LogP contribution in [0.15, 0.2) is 4.99 Å². The number of guanidine groups is 1. The lowest BCUT2D eigenvalue weighted by Gasteiger charge is -2.36. The first kappa shape index (κ1) is 18.0. The Kier molecular flexibility index (Phi) is 6.26. The van der Waals surface area contributed by atoms with Crippen LogP contribution in [-0.4, -0.2) is 80.9 Å². The van der Waals surface area contributed by atoms with Gasteiger partial charge < -0.3 is 15.1 Å². The molecule has 132 valence electrons. The zero-order chi connectivity index (χ0) is 16.9. The summed E-state index contributed by atoms with van der Waals surface area (Å²) in [4.78, 5) is 20.1. The van der Waals surface area contributed by atoms with Crippen LogP contribution in [0.4, 0.5) is 0 Å². The molecule has 0 aromatic heterocycles. The minimum atomic E-state index is -2.85. The van der Waals surface area contributed by atoms with Gasteiger partial charge in [-0.25, -0.2) is 8.42 Å². The lowest BCUT2D eigenvalue weighted by molar-refractivity contribution is -0.130. The van der Waals surface area contributed by atoms with E-state index in [0.717, 1.165) is 32.0 Å². The Morgan fingerprint density at radius 3 is 2.39 bits per heavy atom. The summed E-state index contributed by atoms with van der Waals surface area (Å²) in [7, 11) is -2.85. The molecule has 1 amide bonds. The van der Waals surface area contributed by atoms with Crippen molar-refractivity contribution in [3.63, 3.8) is 0 Å². The van der Waals surface area contributed by atoms with Gasteiger partial charge in [-0.05, 0) is 18.8 Å². The molecule has 2 fully saturated rings. The molecule has 2 rings (SSSR count). The first-order chi connectivity index (χ1) is 10.9. The van der Waals surface area contributed by atoms with Crippen molar-refractivity contribution in [1.29, 1.82) is 0 Å². The van der Waals surface area contributed by atoms with Gasteiger partial charge in [0.25, 0.3) is 0 Å². The number of nitrogens with zero attached hydrogens (tertiary/aromatic N) is 3. The molecule has 0 radical (unpaired) electrons. The van der Waals surface area contributed by atoms with Crippen molar-refractivity contribution < 1.29 is 13.2 Å². The van der Waals surface area contributed by atoms with Crippen molar-refractivity contribution in [2.24, 2.45) is 10.9 Å². The van der Waals surface area contributed by atoms with Crippen molar-refractivity contribution in [2.75, 3.05) is 50.8 Å². The minimum Gasteiger partial charge on any atom is -0.356 e. The fourth-order valence-corrected chi connectivity index (χ4v) is 4.82. The van der Waals surface area contributed by atoms with E-state index < -0.39 is 9.84 Å². The number of carbonyl (C=O) groups is 1. The quantitative estimate of drug-likeness (QED) is 0.571. The van der Waals surface area contributed by atoms with Gasteiger partial charge in [-0.2, -0.15) is 0 Å². The van der Waals surface area contributed by atoms with Crippen molar-refractivity contribution in [3.8, 4) is 0 Å². The van der Waals surface area contributed by atoms with Gasteiger partial charge in [-0.1, -0.05) is 6.92 Å². The monoisotopic (exact) mass is 344 g/mol. The third-order valence-corrected chi connectivity index (χ3v) is 6.22. The molecule has 2 heterocycles. The smallest absolute Gasteiger partial charge is 0.219 e. The summed E-state index contributed by atoms with van der Waals surface area (Å²) in [6.45, 7) is 8.03. The number of sulfone groups is 1. The molecule has 1 atom stereocenters. The molecule has 2 aliphatic rings. The molecule has 7 nitrogen and oxygen atoms in total. The Bertz CT molecular complexity index is 539. The van der Waals surface area contributed by atoms with Gasteiger partial charge in [0, 0.05) is 46.2 Å². The van der Waals surface area contributed by atoms with Gasteiger partial charge in [0.05, 0.1) is 11.5 Å². The Morgan fingerprint density at radius 2 is 1.87 bits per heavy atom. The summed E-state index contributed by atoms with van der Waals surface area (Å²) in [5.41, 5.74) is 0. The third-order valence-electron chi connectivity index (χ3n) is 4.38.